The summed E-state index contributed by atoms with van der Waals surface area (Å²) in [5, 5.41) is 12.1. The molecule has 2 aromatic carbocycles. The zero-order chi connectivity index (χ0) is 22.6. The lowest BCUT2D eigenvalue weighted by atomic mass is 10.0. The number of carbonyl (C=O) groups is 1. The van der Waals surface area contributed by atoms with Crippen LogP contribution in [0, 0.1) is 0 Å². The van der Waals surface area contributed by atoms with E-state index in [4.69, 9.17) is 9.94 Å². The third kappa shape index (κ3) is 5.08. The normalized spacial score (nSPS) is 19.9. The molecule has 0 radical (unpaired) electrons. The van der Waals surface area contributed by atoms with Gasteiger partial charge < -0.3 is 10.1 Å². The molecule has 0 bridgehead atoms. The summed E-state index contributed by atoms with van der Waals surface area (Å²) in [6.45, 7) is 2.78. The van der Waals surface area contributed by atoms with E-state index in [1.165, 1.54) is 15.9 Å². The lowest BCUT2D eigenvalue weighted by molar-refractivity contribution is -0.125. The molecule has 3 N–H and O–H groups in total. The van der Waals surface area contributed by atoms with Crippen molar-refractivity contribution in [2.75, 3.05) is 32.8 Å². The molecule has 2 aromatic rings. The van der Waals surface area contributed by atoms with E-state index in [0.29, 0.717) is 5.57 Å². The number of nitrogens with zero attached hydrogens (tertiary/aromatic N) is 1. The first-order chi connectivity index (χ1) is 15.5. The van der Waals surface area contributed by atoms with E-state index in [9.17, 15) is 13.2 Å². The van der Waals surface area contributed by atoms with Crippen LogP contribution in [0.25, 0.3) is 11.1 Å². The summed E-state index contributed by atoms with van der Waals surface area (Å²) >= 11 is 0. The highest BCUT2D eigenvalue weighted by Crippen LogP contribution is 2.25. The second-order valence-corrected chi connectivity index (χ2v) is 9.84. The minimum absolute atomic E-state index is 0.0918. The van der Waals surface area contributed by atoms with E-state index >= 15 is 0 Å². The maximum absolute atomic E-state index is 12.9. The Labute approximate surface area is 187 Å². The number of hydrogen-bond donors (Lipinski definition) is 3. The fourth-order valence-corrected chi connectivity index (χ4v) is 5.34. The molecule has 0 spiro atoms. The summed E-state index contributed by atoms with van der Waals surface area (Å²) < 4.78 is 33.0. The smallest absolute Gasteiger partial charge is 0.270 e. The molecule has 1 amide bonds. The number of benzene rings is 2. The quantitative estimate of drug-likeness (QED) is 0.450. The number of amides is 1. The summed E-state index contributed by atoms with van der Waals surface area (Å²) in [5.41, 5.74) is 5.11. The Hall–Kier alpha value is -2.56. The number of nitrogens with one attached hydrogen (secondary N) is 2. The zero-order valence-electron chi connectivity index (χ0n) is 17.7. The SMILES string of the molecule is O=C(NO)C1=CCN(S(=O)(=O)c2ccc(-c3ccc(CC4CNCCO4)cc3)cc2)CC1. The molecule has 1 unspecified atom stereocenters. The third-order valence-corrected chi connectivity index (χ3v) is 7.69. The van der Waals surface area contributed by atoms with Crippen LogP contribution in [0.3, 0.4) is 0 Å². The first-order valence-electron chi connectivity index (χ1n) is 10.6. The third-order valence-electron chi connectivity index (χ3n) is 5.81. The predicted octanol–water partition coefficient (Wildman–Crippen LogP) is 1.71. The first-order valence-corrected chi connectivity index (χ1v) is 12.1. The van der Waals surface area contributed by atoms with Crippen LogP contribution in [0.4, 0.5) is 0 Å². The monoisotopic (exact) mass is 457 g/mol. The van der Waals surface area contributed by atoms with Crippen LogP contribution in [-0.2, 0) is 26.0 Å². The Morgan fingerprint density at radius 1 is 1.12 bits per heavy atom. The Kier molecular flexibility index (Phi) is 7.02. The van der Waals surface area contributed by atoms with Crippen molar-refractivity contribution in [2.24, 2.45) is 0 Å². The maximum atomic E-state index is 12.9. The van der Waals surface area contributed by atoms with Crippen LogP contribution < -0.4 is 10.8 Å². The maximum Gasteiger partial charge on any atom is 0.270 e. The molecule has 2 aliphatic rings. The van der Waals surface area contributed by atoms with Crippen LogP contribution >= 0.6 is 0 Å². The number of ether oxygens (including phenoxy) is 1. The van der Waals surface area contributed by atoms with Gasteiger partial charge >= 0.3 is 0 Å². The molecule has 0 aliphatic carbocycles. The fourth-order valence-electron chi connectivity index (χ4n) is 3.96. The molecule has 0 saturated carbocycles. The lowest BCUT2D eigenvalue weighted by Gasteiger charge is -2.25. The highest BCUT2D eigenvalue weighted by Gasteiger charge is 2.27. The Morgan fingerprint density at radius 3 is 2.38 bits per heavy atom. The average molecular weight is 458 g/mol. The molecule has 170 valence electrons. The summed E-state index contributed by atoms with van der Waals surface area (Å²) in [4.78, 5) is 11.7. The number of sulfonamides is 1. The zero-order valence-corrected chi connectivity index (χ0v) is 18.5. The molecule has 2 heterocycles. The molecule has 2 aliphatic heterocycles. The molecule has 8 nitrogen and oxygen atoms in total. The van der Waals surface area contributed by atoms with Crippen molar-refractivity contribution < 1.29 is 23.2 Å². The van der Waals surface area contributed by atoms with Crippen LogP contribution in [0.2, 0.25) is 0 Å². The van der Waals surface area contributed by atoms with Crippen molar-refractivity contribution in [3.8, 4) is 11.1 Å². The number of rotatable bonds is 6. The minimum atomic E-state index is -3.67. The van der Waals surface area contributed by atoms with Crippen LogP contribution in [0.1, 0.15) is 12.0 Å². The second kappa shape index (κ2) is 9.93. The second-order valence-electron chi connectivity index (χ2n) is 7.91. The van der Waals surface area contributed by atoms with Gasteiger partial charge in [-0.1, -0.05) is 42.5 Å². The summed E-state index contributed by atoms with van der Waals surface area (Å²) in [6, 6.07) is 15.1. The van der Waals surface area contributed by atoms with E-state index in [1.807, 2.05) is 12.1 Å². The molecule has 1 fully saturated rings. The van der Waals surface area contributed by atoms with E-state index < -0.39 is 15.9 Å². The van der Waals surface area contributed by atoms with Crippen molar-refractivity contribution in [3.05, 3.63) is 65.7 Å². The van der Waals surface area contributed by atoms with Gasteiger partial charge in [0.15, 0.2) is 0 Å². The van der Waals surface area contributed by atoms with Gasteiger partial charge in [-0.05, 0) is 41.7 Å². The molecule has 4 rings (SSSR count). The Morgan fingerprint density at radius 2 is 1.81 bits per heavy atom. The highest BCUT2D eigenvalue weighted by atomic mass is 32.2. The van der Waals surface area contributed by atoms with Crippen molar-refractivity contribution >= 4 is 15.9 Å². The van der Waals surface area contributed by atoms with Crippen molar-refractivity contribution in [1.82, 2.24) is 15.1 Å². The minimum Gasteiger partial charge on any atom is -0.375 e. The van der Waals surface area contributed by atoms with E-state index in [0.717, 1.165) is 37.2 Å². The molecule has 32 heavy (non-hydrogen) atoms. The summed E-state index contributed by atoms with van der Waals surface area (Å²) in [5.74, 6) is -0.597. The van der Waals surface area contributed by atoms with Gasteiger partial charge in [-0.2, -0.15) is 4.31 Å². The van der Waals surface area contributed by atoms with Gasteiger partial charge in [-0.25, -0.2) is 13.9 Å². The molecule has 1 atom stereocenters. The van der Waals surface area contributed by atoms with Gasteiger partial charge in [0.25, 0.3) is 5.91 Å². The van der Waals surface area contributed by atoms with Crippen molar-refractivity contribution in [3.63, 3.8) is 0 Å². The first kappa shape index (κ1) is 22.6. The number of hydroxylamine groups is 1. The molecule has 9 heteroatoms. The van der Waals surface area contributed by atoms with Crippen molar-refractivity contribution in [2.45, 2.75) is 23.8 Å². The predicted molar refractivity (Wildman–Crippen MR) is 120 cm³/mol. The molecular weight excluding hydrogens is 430 g/mol. The number of morpholine rings is 1. The number of carbonyl (C=O) groups excluding carboxylic acids is 1. The summed E-state index contributed by atoms with van der Waals surface area (Å²) in [7, 11) is -3.67. The average Bonchev–Trinajstić information content (AvgIpc) is 2.85. The molecule has 0 aromatic heterocycles. The van der Waals surface area contributed by atoms with Crippen LogP contribution in [-0.4, -0.2) is 62.7 Å². The van der Waals surface area contributed by atoms with E-state index in [-0.39, 0.29) is 30.5 Å². The van der Waals surface area contributed by atoms with Gasteiger partial charge in [-0.3, -0.25) is 10.0 Å². The number of hydrogen-bond acceptors (Lipinski definition) is 6. The topological polar surface area (TPSA) is 108 Å². The standard InChI is InChI=1S/C23H27N3O5S/c27-23(25-28)20-9-12-26(13-10-20)32(29,30)22-7-5-19(6-8-22)18-3-1-17(2-4-18)15-21-16-24-11-14-31-21/h1-9,21,24,28H,10-16H2,(H,25,27). The van der Waals surface area contributed by atoms with Crippen LogP contribution in [0.5, 0.6) is 0 Å². The van der Waals surface area contributed by atoms with E-state index in [1.54, 1.807) is 29.7 Å². The van der Waals surface area contributed by atoms with Crippen LogP contribution in [0.15, 0.2) is 65.1 Å². The van der Waals surface area contributed by atoms with Crippen molar-refractivity contribution in [1.29, 1.82) is 0 Å². The summed E-state index contributed by atoms with van der Waals surface area (Å²) in [6.07, 6.45) is 2.82. The molecule has 1 saturated heterocycles. The lowest BCUT2D eigenvalue weighted by Crippen LogP contribution is -2.39. The van der Waals surface area contributed by atoms with E-state index in [2.05, 4.69) is 17.4 Å². The van der Waals surface area contributed by atoms with Gasteiger partial charge in [0.05, 0.1) is 17.6 Å². The van der Waals surface area contributed by atoms with Gasteiger partial charge in [-0.15, -0.1) is 0 Å². The Bertz CT molecular complexity index is 1080. The largest absolute Gasteiger partial charge is 0.375 e. The Balaban J connectivity index is 1.42. The van der Waals surface area contributed by atoms with Gasteiger partial charge in [0.1, 0.15) is 0 Å². The van der Waals surface area contributed by atoms with Gasteiger partial charge in [0, 0.05) is 31.8 Å². The highest BCUT2D eigenvalue weighted by molar-refractivity contribution is 7.89. The fraction of sp³-hybridized carbons (Fsp3) is 0.348. The molecular formula is C23H27N3O5S. The van der Waals surface area contributed by atoms with Gasteiger partial charge in [0.2, 0.25) is 10.0 Å².